The average molecular weight is 402 g/mol. The lowest BCUT2D eigenvalue weighted by atomic mass is 10.0. The number of nitrogens with one attached hydrogen (secondary N) is 1. The van der Waals surface area contributed by atoms with Crippen LogP contribution in [0.3, 0.4) is 0 Å². The van der Waals surface area contributed by atoms with Gasteiger partial charge in [-0.15, -0.1) is 0 Å². The van der Waals surface area contributed by atoms with Crippen LogP contribution in [0.25, 0.3) is 11.0 Å². The van der Waals surface area contributed by atoms with Gasteiger partial charge in [0.05, 0.1) is 16.1 Å². The maximum atomic E-state index is 13.0. The molecule has 1 aliphatic rings. The summed E-state index contributed by atoms with van der Waals surface area (Å²) in [4.78, 5) is 34.2. The molecule has 0 aliphatic carbocycles. The van der Waals surface area contributed by atoms with Gasteiger partial charge in [0, 0.05) is 17.6 Å². The number of fused-ring (bicyclic) bond motifs is 1. The fraction of sp³-hybridized carbons (Fsp3) is 0.250. The van der Waals surface area contributed by atoms with Gasteiger partial charge in [0.15, 0.2) is 5.69 Å². The first-order chi connectivity index (χ1) is 13.0. The van der Waals surface area contributed by atoms with Gasteiger partial charge in [-0.1, -0.05) is 41.4 Å². The van der Waals surface area contributed by atoms with Crippen molar-refractivity contribution in [2.75, 3.05) is 6.54 Å². The lowest BCUT2D eigenvalue weighted by molar-refractivity contribution is 0.0729. The van der Waals surface area contributed by atoms with Crippen LogP contribution >= 0.6 is 23.2 Å². The van der Waals surface area contributed by atoms with Crippen molar-refractivity contribution in [3.8, 4) is 0 Å². The monoisotopic (exact) mass is 401 g/mol. The lowest BCUT2D eigenvalue weighted by Gasteiger charge is -2.24. The normalized spacial score (nSPS) is 16.8. The summed E-state index contributed by atoms with van der Waals surface area (Å²) in [6.07, 6.45) is 2.48. The van der Waals surface area contributed by atoms with Crippen LogP contribution in [-0.2, 0) is 6.42 Å². The number of aromatic nitrogens is 2. The minimum absolute atomic E-state index is 0.0206. The summed E-state index contributed by atoms with van der Waals surface area (Å²) in [7, 11) is 0. The fourth-order valence-corrected chi connectivity index (χ4v) is 4.04. The number of para-hydroxylation sites is 1. The van der Waals surface area contributed by atoms with Crippen LogP contribution in [0.4, 0.5) is 0 Å². The van der Waals surface area contributed by atoms with E-state index in [9.17, 15) is 9.59 Å². The molecule has 0 radical (unpaired) electrons. The van der Waals surface area contributed by atoms with E-state index in [1.165, 1.54) is 0 Å². The molecule has 1 aromatic heterocycles. The number of carbonyl (C=O) groups is 1. The highest BCUT2D eigenvalue weighted by atomic mass is 35.5. The summed E-state index contributed by atoms with van der Waals surface area (Å²) in [5.41, 5.74) is 1.39. The summed E-state index contributed by atoms with van der Waals surface area (Å²) in [6.45, 7) is 0.610. The minimum atomic E-state index is -0.519. The largest absolute Gasteiger partial charge is 0.334 e. The van der Waals surface area contributed by atoms with E-state index < -0.39 is 5.56 Å². The molecule has 1 aliphatic heterocycles. The first kappa shape index (κ1) is 18.0. The van der Waals surface area contributed by atoms with Gasteiger partial charge in [0.25, 0.3) is 11.5 Å². The van der Waals surface area contributed by atoms with Crippen molar-refractivity contribution in [2.45, 2.75) is 25.3 Å². The van der Waals surface area contributed by atoms with E-state index >= 15 is 0 Å². The highest BCUT2D eigenvalue weighted by molar-refractivity contribution is 6.34. The van der Waals surface area contributed by atoms with E-state index in [1.54, 1.807) is 23.1 Å². The highest BCUT2D eigenvalue weighted by Crippen LogP contribution is 2.24. The second-order valence-electron chi connectivity index (χ2n) is 6.68. The molecule has 0 saturated carbocycles. The Labute approximate surface area is 165 Å². The number of nitrogens with zero attached hydrogens (tertiary/aromatic N) is 2. The number of benzene rings is 2. The molecule has 1 unspecified atom stereocenters. The van der Waals surface area contributed by atoms with Crippen molar-refractivity contribution in [1.29, 1.82) is 0 Å². The summed E-state index contributed by atoms with van der Waals surface area (Å²) in [6, 6.07) is 12.8. The Morgan fingerprint density at radius 1 is 1.22 bits per heavy atom. The zero-order chi connectivity index (χ0) is 19.0. The number of aromatic amines is 1. The second-order valence-corrected chi connectivity index (χ2v) is 7.52. The molecule has 1 saturated heterocycles. The molecule has 7 heteroatoms. The molecule has 2 heterocycles. The van der Waals surface area contributed by atoms with Crippen LogP contribution < -0.4 is 5.56 Å². The molecule has 1 atom stereocenters. The number of rotatable bonds is 3. The molecular formula is C20H17Cl2N3O2. The van der Waals surface area contributed by atoms with E-state index in [0.717, 1.165) is 18.4 Å². The predicted octanol–water partition coefficient (Wildman–Crippen LogP) is 4.08. The number of amides is 1. The molecule has 27 heavy (non-hydrogen) atoms. The Bertz CT molecular complexity index is 1080. The van der Waals surface area contributed by atoms with E-state index in [0.29, 0.717) is 34.0 Å². The lowest BCUT2D eigenvalue weighted by Crippen LogP contribution is -2.40. The van der Waals surface area contributed by atoms with Gasteiger partial charge >= 0.3 is 0 Å². The molecule has 4 rings (SSSR count). The van der Waals surface area contributed by atoms with Crippen molar-refractivity contribution in [1.82, 2.24) is 14.9 Å². The molecule has 1 N–H and O–H groups in total. The predicted molar refractivity (Wildman–Crippen MR) is 107 cm³/mol. The van der Waals surface area contributed by atoms with Crippen LogP contribution in [0.15, 0.2) is 47.3 Å². The standard InChI is InChI=1S/C20H17Cl2N3O2/c21-13-5-1-4-12(10-13)11-14-6-3-9-25(14)20(27)18-19(26)24-17-15(22)7-2-8-16(17)23-18/h1-2,4-5,7-8,10,14H,3,6,9,11H2,(H,24,26). The smallest absolute Gasteiger partial charge is 0.280 e. The van der Waals surface area contributed by atoms with E-state index in [-0.39, 0.29) is 17.6 Å². The second kappa shape index (κ2) is 7.33. The zero-order valence-corrected chi connectivity index (χ0v) is 15.9. The van der Waals surface area contributed by atoms with Crippen molar-refractivity contribution in [3.63, 3.8) is 0 Å². The molecule has 1 fully saturated rings. The Hall–Kier alpha value is -2.37. The zero-order valence-electron chi connectivity index (χ0n) is 14.4. The van der Waals surface area contributed by atoms with Crippen LogP contribution in [-0.4, -0.2) is 33.4 Å². The molecule has 1 amide bonds. The number of hydrogen-bond acceptors (Lipinski definition) is 3. The van der Waals surface area contributed by atoms with Crippen LogP contribution in [0.2, 0.25) is 10.0 Å². The number of H-pyrrole nitrogens is 1. The maximum Gasteiger partial charge on any atom is 0.280 e. The summed E-state index contributed by atoms with van der Waals surface area (Å²) in [5, 5.41) is 1.07. The fourth-order valence-electron chi connectivity index (χ4n) is 3.61. The van der Waals surface area contributed by atoms with Crippen LogP contribution in [0.1, 0.15) is 28.9 Å². The first-order valence-electron chi connectivity index (χ1n) is 8.77. The number of hydrogen-bond donors (Lipinski definition) is 1. The molecule has 5 nitrogen and oxygen atoms in total. The number of likely N-dealkylation sites (tertiary alicyclic amines) is 1. The topological polar surface area (TPSA) is 66.1 Å². The van der Waals surface area contributed by atoms with Crippen molar-refractivity contribution in [3.05, 3.63) is 74.1 Å². The van der Waals surface area contributed by atoms with Gasteiger partial charge in [-0.25, -0.2) is 4.98 Å². The third kappa shape index (κ3) is 3.57. The molecule has 3 aromatic rings. The van der Waals surface area contributed by atoms with Gasteiger partial charge in [-0.3, -0.25) is 9.59 Å². The van der Waals surface area contributed by atoms with Crippen LogP contribution in [0.5, 0.6) is 0 Å². The van der Waals surface area contributed by atoms with Gasteiger partial charge in [0.2, 0.25) is 0 Å². The molecule has 0 bridgehead atoms. The summed E-state index contributed by atoms with van der Waals surface area (Å²) < 4.78 is 0. The quantitative estimate of drug-likeness (QED) is 0.718. The number of halogens is 2. The van der Waals surface area contributed by atoms with E-state index in [2.05, 4.69) is 9.97 Å². The van der Waals surface area contributed by atoms with Gasteiger partial charge in [-0.2, -0.15) is 0 Å². The third-order valence-electron chi connectivity index (χ3n) is 4.88. The van der Waals surface area contributed by atoms with Crippen molar-refractivity contribution >= 4 is 40.1 Å². The Morgan fingerprint density at radius 2 is 2.04 bits per heavy atom. The van der Waals surface area contributed by atoms with Gasteiger partial charge < -0.3 is 9.88 Å². The highest BCUT2D eigenvalue weighted by Gasteiger charge is 2.31. The molecule has 2 aromatic carbocycles. The van der Waals surface area contributed by atoms with Gasteiger partial charge in [-0.05, 0) is 49.1 Å². The SMILES string of the molecule is O=C(c1nc2cccc(Cl)c2[nH]c1=O)N1CCCC1Cc1cccc(Cl)c1. The van der Waals surface area contributed by atoms with E-state index in [1.807, 2.05) is 24.3 Å². The van der Waals surface area contributed by atoms with Crippen molar-refractivity contribution < 1.29 is 4.79 Å². The Balaban J connectivity index is 1.64. The first-order valence-corrected chi connectivity index (χ1v) is 9.52. The summed E-state index contributed by atoms with van der Waals surface area (Å²) in [5.74, 6) is -0.345. The average Bonchev–Trinajstić information content (AvgIpc) is 3.09. The Kier molecular flexibility index (Phi) is 4.89. The Morgan fingerprint density at radius 3 is 2.85 bits per heavy atom. The van der Waals surface area contributed by atoms with Gasteiger partial charge in [0.1, 0.15) is 0 Å². The van der Waals surface area contributed by atoms with E-state index in [4.69, 9.17) is 23.2 Å². The molecule has 0 spiro atoms. The third-order valence-corrected chi connectivity index (χ3v) is 5.43. The number of carbonyl (C=O) groups excluding carboxylic acids is 1. The molecule has 138 valence electrons. The summed E-state index contributed by atoms with van der Waals surface area (Å²) >= 11 is 12.2. The van der Waals surface area contributed by atoms with Crippen LogP contribution in [0, 0.1) is 0 Å². The minimum Gasteiger partial charge on any atom is -0.334 e. The van der Waals surface area contributed by atoms with Crippen molar-refractivity contribution in [2.24, 2.45) is 0 Å². The maximum absolute atomic E-state index is 13.0. The molecular weight excluding hydrogens is 385 g/mol.